The zero-order valence-corrected chi connectivity index (χ0v) is 18.4. The van der Waals surface area contributed by atoms with Gasteiger partial charge in [-0.05, 0) is 66.8 Å². The number of hydrogen-bond acceptors (Lipinski definition) is 3. The van der Waals surface area contributed by atoms with E-state index in [-0.39, 0.29) is 5.11 Å². The first-order chi connectivity index (χ1) is 13.8. The maximum Gasteiger partial charge on any atom is 0.250 e. The predicted octanol–water partition coefficient (Wildman–Crippen LogP) is 7.09. The van der Waals surface area contributed by atoms with Crippen molar-refractivity contribution in [1.82, 2.24) is 5.32 Å². The highest BCUT2D eigenvalue weighted by Crippen LogP contribution is 2.29. The van der Waals surface area contributed by atoms with Crippen molar-refractivity contribution in [2.24, 2.45) is 0 Å². The maximum atomic E-state index is 12.1. The quantitative estimate of drug-likeness (QED) is 0.306. The summed E-state index contributed by atoms with van der Waals surface area (Å²) in [6.45, 7) is 0. The minimum atomic E-state index is -0.431. The first kappa shape index (κ1) is 21.7. The molecule has 3 aromatic rings. The average Bonchev–Trinajstić information content (AvgIpc) is 3.07. The number of furan rings is 1. The summed E-state index contributed by atoms with van der Waals surface area (Å²) in [5.41, 5.74) is 1.30. The summed E-state index contributed by atoms with van der Waals surface area (Å²) in [7, 11) is 0. The van der Waals surface area contributed by atoms with Gasteiger partial charge in [0.05, 0.1) is 0 Å². The molecular weight excluding hydrogens is 474 g/mol. The van der Waals surface area contributed by atoms with Gasteiger partial charge in [0.1, 0.15) is 11.5 Å². The zero-order chi connectivity index (χ0) is 21.0. The fraction of sp³-hybridized carbons (Fsp3) is 0. The van der Waals surface area contributed by atoms with Crippen molar-refractivity contribution in [1.29, 1.82) is 0 Å². The van der Waals surface area contributed by atoms with Crippen LogP contribution in [0.15, 0.2) is 59.0 Å². The molecule has 0 unspecified atom stereocenters. The smallest absolute Gasteiger partial charge is 0.250 e. The summed E-state index contributed by atoms with van der Waals surface area (Å²) in [5, 5.41) is 7.36. The molecule has 0 spiro atoms. The fourth-order valence-corrected chi connectivity index (χ4v) is 3.66. The second kappa shape index (κ2) is 9.65. The SMILES string of the molecule is O=C(/C=C/c1ccc(-c2cc(Cl)cc(Cl)c2)o1)NC(=S)Nc1cc(Cl)cc(Cl)c1. The Balaban J connectivity index is 1.60. The predicted molar refractivity (Wildman–Crippen MR) is 124 cm³/mol. The van der Waals surface area contributed by atoms with E-state index in [1.807, 2.05) is 0 Å². The Morgan fingerprint density at radius 2 is 1.48 bits per heavy atom. The number of hydrogen-bond donors (Lipinski definition) is 2. The number of benzene rings is 2. The van der Waals surface area contributed by atoms with Crippen LogP contribution < -0.4 is 10.6 Å². The van der Waals surface area contributed by atoms with Gasteiger partial charge in [-0.3, -0.25) is 10.1 Å². The van der Waals surface area contributed by atoms with Crippen LogP contribution in [-0.4, -0.2) is 11.0 Å². The lowest BCUT2D eigenvalue weighted by Crippen LogP contribution is -2.32. The highest BCUT2D eigenvalue weighted by molar-refractivity contribution is 7.80. The van der Waals surface area contributed by atoms with Gasteiger partial charge in [-0.25, -0.2) is 0 Å². The third-order valence-corrected chi connectivity index (χ3v) is 4.61. The van der Waals surface area contributed by atoms with Crippen LogP contribution in [0.3, 0.4) is 0 Å². The molecule has 148 valence electrons. The highest BCUT2D eigenvalue weighted by Gasteiger charge is 2.07. The van der Waals surface area contributed by atoms with Crippen LogP contribution in [0.2, 0.25) is 20.1 Å². The van der Waals surface area contributed by atoms with Crippen LogP contribution in [0.25, 0.3) is 17.4 Å². The fourth-order valence-electron chi connectivity index (χ4n) is 2.39. The number of rotatable bonds is 4. The molecular formula is C20H12Cl4N2O2S. The number of nitrogens with one attached hydrogen (secondary N) is 2. The number of carbonyl (C=O) groups is 1. The number of anilines is 1. The third kappa shape index (κ3) is 6.49. The van der Waals surface area contributed by atoms with Crippen molar-refractivity contribution in [3.05, 3.63) is 80.5 Å². The van der Waals surface area contributed by atoms with Gasteiger partial charge in [-0.2, -0.15) is 0 Å². The van der Waals surface area contributed by atoms with Crippen molar-refractivity contribution in [2.45, 2.75) is 0 Å². The summed E-state index contributed by atoms with van der Waals surface area (Å²) in [4.78, 5) is 12.1. The molecule has 1 amide bonds. The molecule has 0 aliphatic rings. The van der Waals surface area contributed by atoms with Crippen molar-refractivity contribution in [2.75, 3.05) is 5.32 Å². The Bertz CT molecular complexity index is 1070. The van der Waals surface area contributed by atoms with E-state index in [9.17, 15) is 4.79 Å². The molecule has 1 heterocycles. The van der Waals surface area contributed by atoms with E-state index in [1.165, 1.54) is 12.2 Å². The molecule has 3 rings (SSSR count). The summed E-state index contributed by atoms with van der Waals surface area (Å²) in [5.74, 6) is 0.621. The van der Waals surface area contributed by atoms with Crippen LogP contribution in [0.1, 0.15) is 5.76 Å². The third-order valence-electron chi connectivity index (χ3n) is 3.53. The molecule has 0 saturated carbocycles. The van der Waals surface area contributed by atoms with E-state index in [1.54, 1.807) is 48.5 Å². The summed E-state index contributed by atoms with van der Waals surface area (Å²) < 4.78 is 5.70. The van der Waals surface area contributed by atoms with Crippen molar-refractivity contribution in [3.63, 3.8) is 0 Å². The number of carbonyl (C=O) groups excluding carboxylic acids is 1. The van der Waals surface area contributed by atoms with Gasteiger partial charge >= 0.3 is 0 Å². The van der Waals surface area contributed by atoms with E-state index >= 15 is 0 Å². The molecule has 0 aliphatic heterocycles. The van der Waals surface area contributed by atoms with Gasteiger partial charge in [0.15, 0.2) is 5.11 Å². The second-order valence-electron chi connectivity index (χ2n) is 5.79. The van der Waals surface area contributed by atoms with E-state index in [0.29, 0.717) is 37.3 Å². The molecule has 2 N–H and O–H groups in total. The van der Waals surface area contributed by atoms with Gasteiger partial charge in [0.25, 0.3) is 0 Å². The van der Waals surface area contributed by atoms with Crippen LogP contribution in [0, 0.1) is 0 Å². The van der Waals surface area contributed by atoms with E-state index in [2.05, 4.69) is 10.6 Å². The molecule has 0 bridgehead atoms. The minimum Gasteiger partial charge on any atom is -0.457 e. The van der Waals surface area contributed by atoms with Gasteiger partial charge in [-0.15, -0.1) is 0 Å². The Kier molecular flexibility index (Phi) is 7.22. The number of amides is 1. The van der Waals surface area contributed by atoms with E-state index < -0.39 is 5.91 Å². The number of thiocarbonyl (C=S) groups is 1. The van der Waals surface area contributed by atoms with Gasteiger partial charge < -0.3 is 9.73 Å². The van der Waals surface area contributed by atoms with Crippen molar-refractivity contribution in [3.8, 4) is 11.3 Å². The Morgan fingerprint density at radius 1 is 0.897 bits per heavy atom. The molecule has 2 aromatic carbocycles. The highest BCUT2D eigenvalue weighted by atomic mass is 35.5. The van der Waals surface area contributed by atoms with E-state index in [0.717, 1.165) is 5.56 Å². The molecule has 0 atom stereocenters. The molecule has 4 nitrogen and oxygen atoms in total. The lowest BCUT2D eigenvalue weighted by molar-refractivity contribution is -0.115. The Morgan fingerprint density at radius 3 is 2.10 bits per heavy atom. The average molecular weight is 486 g/mol. The first-order valence-corrected chi connectivity index (χ1v) is 10.0. The molecule has 0 radical (unpaired) electrons. The number of halogens is 4. The normalized spacial score (nSPS) is 10.9. The Hall–Kier alpha value is -2.02. The largest absolute Gasteiger partial charge is 0.457 e. The van der Waals surface area contributed by atoms with Gasteiger partial charge in [0.2, 0.25) is 5.91 Å². The van der Waals surface area contributed by atoms with Crippen molar-refractivity contribution >= 4 is 81.4 Å². The van der Waals surface area contributed by atoms with Crippen molar-refractivity contribution < 1.29 is 9.21 Å². The molecule has 9 heteroatoms. The van der Waals surface area contributed by atoms with E-state index in [4.69, 9.17) is 63.0 Å². The molecule has 29 heavy (non-hydrogen) atoms. The molecule has 0 saturated heterocycles. The Labute approximate surface area is 192 Å². The van der Waals surface area contributed by atoms with Gasteiger partial charge in [-0.1, -0.05) is 46.4 Å². The first-order valence-electron chi connectivity index (χ1n) is 8.11. The monoisotopic (exact) mass is 484 g/mol. The minimum absolute atomic E-state index is 0.103. The lowest BCUT2D eigenvalue weighted by atomic mass is 10.2. The zero-order valence-electron chi connectivity index (χ0n) is 14.5. The molecule has 0 fully saturated rings. The van der Waals surface area contributed by atoms with Crippen LogP contribution in [0.4, 0.5) is 5.69 Å². The molecule has 0 aliphatic carbocycles. The second-order valence-corrected chi connectivity index (χ2v) is 7.95. The molecule has 1 aromatic heterocycles. The van der Waals surface area contributed by atoms with Crippen LogP contribution >= 0.6 is 58.6 Å². The topological polar surface area (TPSA) is 54.3 Å². The van der Waals surface area contributed by atoms with Crippen LogP contribution in [0.5, 0.6) is 0 Å². The standard InChI is InChI=1S/C20H12Cl4N2O2S/c21-12-5-11(6-13(22)7-12)18-3-1-17(28-18)2-4-19(27)26-20(29)25-16-9-14(23)8-15(24)10-16/h1-10H,(H2,25,26,27,29)/b4-2+. The maximum absolute atomic E-state index is 12.1. The summed E-state index contributed by atoms with van der Waals surface area (Å²) in [6, 6.07) is 13.4. The van der Waals surface area contributed by atoms with Gasteiger partial charge in [0, 0.05) is 37.4 Å². The van der Waals surface area contributed by atoms with Crippen LogP contribution in [-0.2, 0) is 4.79 Å². The summed E-state index contributed by atoms with van der Waals surface area (Å²) in [6.07, 6.45) is 2.82. The summed E-state index contributed by atoms with van der Waals surface area (Å²) >= 11 is 29.0. The lowest BCUT2D eigenvalue weighted by Gasteiger charge is -2.08.